The van der Waals surface area contributed by atoms with Crippen molar-refractivity contribution in [1.29, 1.82) is 0 Å². The molecule has 0 aliphatic heterocycles. The van der Waals surface area contributed by atoms with Crippen LogP contribution < -0.4 is 5.32 Å². The Bertz CT molecular complexity index is 1010. The van der Waals surface area contributed by atoms with E-state index in [9.17, 15) is 22.8 Å². The molecule has 0 saturated carbocycles. The van der Waals surface area contributed by atoms with Crippen LogP contribution in [0.2, 0.25) is 0 Å². The fourth-order valence-corrected chi connectivity index (χ4v) is 4.20. The van der Waals surface area contributed by atoms with E-state index >= 15 is 0 Å². The Morgan fingerprint density at radius 1 is 1.21 bits per heavy atom. The minimum Gasteiger partial charge on any atom is -0.356 e. The molecule has 0 radical (unpaired) electrons. The van der Waals surface area contributed by atoms with Crippen LogP contribution in [0.1, 0.15) is 27.0 Å². The van der Waals surface area contributed by atoms with Gasteiger partial charge in [0.15, 0.2) is 16.6 Å². The highest BCUT2D eigenvalue weighted by atomic mass is 32.2. The number of hydrogen-bond acceptors (Lipinski definition) is 6. The monoisotopic (exact) mass is 428 g/mol. The maximum absolute atomic E-state index is 12.9. The van der Waals surface area contributed by atoms with Crippen LogP contribution in [0.25, 0.3) is 5.65 Å². The predicted molar refractivity (Wildman–Crippen MR) is 99.8 cm³/mol. The van der Waals surface area contributed by atoms with Crippen LogP contribution in [0.15, 0.2) is 35.6 Å². The lowest BCUT2D eigenvalue weighted by Gasteiger charge is -2.07. The van der Waals surface area contributed by atoms with Crippen molar-refractivity contribution >= 4 is 40.4 Å². The van der Waals surface area contributed by atoms with Gasteiger partial charge in [-0.15, -0.1) is 21.5 Å². The zero-order chi connectivity index (χ0) is 20.3. The minimum absolute atomic E-state index is 0.0304. The summed E-state index contributed by atoms with van der Waals surface area (Å²) < 4.78 is 39.9. The molecular formula is C17H15F3N4O2S2. The van der Waals surface area contributed by atoms with Crippen molar-refractivity contribution in [3.05, 3.63) is 45.8 Å². The first-order chi connectivity index (χ1) is 13.2. The summed E-state index contributed by atoms with van der Waals surface area (Å²) in [5.74, 6) is -0.231. The fourth-order valence-electron chi connectivity index (χ4n) is 2.36. The number of nitrogens with one attached hydrogen (secondary N) is 1. The summed E-state index contributed by atoms with van der Waals surface area (Å²) in [6, 6.07) is 5.72. The van der Waals surface area contributed by atoms with Crippen LogP contribution >= 0.6 is 23.1 Å². The Labute approximate surface area is 166 Å². The summed E-state index contributed by atoms with van der Waals surface area (Å²) in [5, 5.41) is 10.6. The lowest BCUT2D eigenvalue weighted by atomic mass is 10.3. The molecule has 1 N–H and O–H groups in total. The van der Waals surface area contributed by atoms with Crippen molar-refractivity contribution in [3.63, 3.8) is 0 Å². The molecule has 28 heavy (non-hydrogen) atoms. The molecule has 1 amide bonds. The molecule has 0 saturated heterocycles. The number of carbonyl (C=O) groups is 2. The topological polar surface area (TPSA) is 76.4 Å². The van der Waals surface area contributed by atoms with Gasteiger partial charge in [-0.25, -0.2) is 0 Å². The van der Waals surface area contributed by atoms with E-state index in [-0.39, 0.29) is 28.2 Å². The number of fused-ring (bicyclic) bond motifs is 1. The van der Waals surface area contributed by atoms with Gasteiger partial charge in [0.1, 0.15) is 0 Å². The van der Waals surface area contributed by atoms with E-state index in [0.29, 0.717) is 17.8 Å². The summed E-state index contributed by atoms with van der Waals surface area (Å²) in [6.45, 7) is 1.93. The summed E-state index contributed by atoms with van der Waals surface area (Å²) in [4.78, 5) is 24.8. The van der Waals surface area contributed by atoms with Crippen molar-refractivity contribution in [3.8, 4) is 0 Å². The smallest absolute Gasteiger partial charge is 0.356 e. The molecule has 3 rings (SSSR count). The molecule has 0 aliphatic carbocycles. The first-order valence-electron chi connectivity index (χ1n) is 8.15. The van der Waals surface area contributed by atoms with Crippen molar-refractivity contribution in [2.45, 2.75) is 24.7 Å². The molecule has 0 aliphatic rings. The second kappa shape index (κ2) is 8.31. The van der Waals surface area contributed by atoms with Crippen LogP contribution in [0.3, 0.4) is 0 Å². The van der Waals surface area contributed by atoms with E-state index in [4.69, 9.17) is 0 Å². The molecule has 0 bridgehead atoms. The van der Waals surface area contributed by atoms with Gasteiger partial charge >= 0.3 is 6.18 Å². The number of Topliss-reactive ketones (excluding diaryl/α,β-unsaturated/α-hetero) is 1. The molecule has 148 valence electrons. The second-order valence-corrected chi connectivity index (χ2v) is 7.95. The summed E-state index contributed by atoms with van der Waals surface area (Å²) in [6.07, 6.45) is -2.92. The SMILES string of the molecule is CC(=O)NCCc1ccc(C(=O)CSc2nnc3ccc(C(F)(F)F)cn23)s1. The Morgan fingerprint density at radius 3 is 2.71 bits per heavy atom. The van der Waals surface area contributed by atoms with Gasteiger partial charge < -0.3 is 5.32 Å². The van der Waals surface area contributed by atoms with E-state index < -0.39 is 11.7 Å². The number of aromatic nitrogens is 3. The van der Waals surface area contributed by atoms with Gasteiger partial charge in [-0.05, 0) is 30.7 Å². The lowest BCUT2D eigenvalue weighted by Crippen LogP contribution is -2.22. The Balaban J connectivity index is 1.65. The normalized spacial score (nSPS) is 11.7. The highest BCUT2D eigenvalue weighted by Crippen LogP contribution is 2.30. The van der Waals surface area contributed by atoms with Crippen LogP contribution in [-0.2, 0) is 17.4 Å². The maximum atomic E-state index is 12.9. The Morgan fingerprint density at radius 2 is 2.00 bits per heavy atom. The molecule has 3 heterocycles. The molecule has 6 nitrogen and oxygen atoms in total. The van der Waals surface area contributed by atoms with Crippen molar-refractivity contribution in [2.24, 2.45) is 0 Å². The van der Waals surface area contributed by atoms with Gasteiger partial charge in [0, 0.05) is 24.5 Å². The van der Waals surface area contributed by atoms with Crippen LogP contribution in [0.5, 0.6) is 0 Å². The molecule has 3 aromatic rings. The van der Waals surface area contributed by atoms with Crippen LogP contribution in [0, 0.1) is 0 Å². The standard InChI is InChI=1S/C17H15F3N4O2S2/c1-10(25)21-7-6-12-3-4-14(28-12)13(26)9-27-16-23-22-15-5-2-11(8-24(15)16)17(18,19)20/h2-5,8H,6-7,9H2,1H3,(H,21,25). The number of carbonyl (C=O) groups excluding carboxylic acids is 2. The summed E-state index contributed by atoms with van der Waals surface area (Å²) >= 11 is 2.37. The van der Waals surface area contributed by atoms with Crippen LogP contribution in [-0.4, -0.2) is 38.6 Å². The third-order valence-electron chi connectivity index (χ3n) is 3.71. The number of thiophene rings is 1. The number of rotatable bonds is 7. The highest BCUT2D eigenvalue weighted by molar-refractivity contribution is 7.99. The summed E-state index contributed by atoms with van der Waals surface area (Å²) in [7, 11) is 0. The zero-order valence-corrected chi connectivity index (χ0v) is 16.2. The fraction of sp³-hybridized carbons (Fsp3) is 0.294. The average Bonchev–Trinajstić information content (AvgIpc) is 3.25. The number of nitrogens with zero attached hydrogens (tertiary/aromatic N) is 3. The average molecular weight is 428 g/mol. The van der Waals surface area contributed by atoms with E-state index in [0.717, 1.165) is 28.9 Å². The number of amides is 1. The Kier molecular flexibility index (Phi) is 6.04. The Hall–Kier alpha value is -2.40. The van der Waals surface area contributed by atoms with Crippen molar-refractivity contribution in [1.82, 2.24) is 19.9 Å². The van der Waals surface area contributed by atoms with E-state index in [2.05, 4.69) is 15.5 Å². The van der Waals surface area contributed by atoms with Gasteiger partial charge in [-0.2, -0.15) is 13.2 Å². The predicted octanol–water partition coefficient (Wildman–Crippen LogP) is 3.46. The quantitative estimate of drug-likeness (QED) is 0.461. The lowest BCUT2D eigenvalue weighted by molar-refractivity contribution is -0.137. The molecule has 0 fully saturated rings. The van der Waals surface area contributed by atoms with E-state index in [1.807, 2.05) is 6.07 Å². The third-order valence-corrected chi connectivity index (χ3v) is 5.84. The molecular weight excluding hydrogens is 413 g/mol. The highest BCUT2D eigenvalue weighted by Gasteiger charge is 2.31. The second-order valence-electron chi connectivity index (χ2n) is 5.84. The zero-order valence-electron chi connectivity index (χ0n) is 14.6. The molecule has 0 spiro atoms. The minimum atomic E-state index is -4.47. The van der Waals surface area contributed by atoms with Gasteiger partial charge in [0.05, 0.1) is 16.2 Å². The number of alkyl halides is 3. The van der Waals surface area contributed by atoms with Gasteiger partial charge in [-0.3, -0.25) is 14.0 Å². The molecule has 0 atom stereocenters. The molecule has 3 aromatic heterocycles. The first-order valence-corrected chi connectivity index (χ1v) is 9.95. The molecule has 0 unspecified atom stereocenters. The third kappa shape index (κ3) is 4.90. The van der Waals surface area contributed by atoms with Crippen molar-refractivity contribution < 1.29 is 22.8 Å². The number of pyridine rings is 1. The number of ketones is 1. The maximum Gasteiger partial charge on any atom is 0.417 e. The first kappa shape index (κ1) is 20.3. The van der Waals surface area contributed by atoms with Gasteiger partial charge in [-0.1, -0.05) is 11.8 Å². The van der Waals surface area contributed by atoms with Gasteiger partial charge in [0.2, 0.25) is 5.91 Å². The molecule has 11 heteroatoms. The summed E-state index contributed by atoms with van der Waals surface area (Å²) in [5.41, 5.74) is -0.533. The van der Waals surface area contributed by atoms with Gasteiger partial charge in [0.25, 0.3) is 0 Å². The van der Waals surface area contributed by atoms with E-state index in [1.54, 1.807) is 6.07 Å². The largest absolute Gasteiger partial charge is 0.417 e. The number of halogens is 3. The van der Waals surface area contributed by atoms with Crippen molar-refractivity contribution in [2.75, 3.05) is 12.3 Å². The number of hydrogen-bond donors (Lipinski definition) is 1. The van der Waals surface area contributed by atoms with E-state index in [1.165, 1.54) is 28.7 Å². The molecule has 0 aromatic carbocycles. The number of thioether (sulfide) groups is 1. The van der Waals surface area contributed by atoms with Crippen LogP contribution in [0.4, 0.5) is 13.2 Å².